The van der Waals surface area contributed by atoms with Gasteiger partial charge in [-0.2, -0.15) is 0 Å². The first-order valence-electron chi connectivity index (χ1n) is 6.00. The summed E-state index contributed by atoms with van der Waals surface area (Å²) in [4.78, 5) is 0. The van der Waals surface area contributed by atoms with Crippen molar-refractivity contribution in [3.05, 3.63) is 29.8 Å². The molecule has 0 unspecified atom stereocenters. The molecule has 4 heteroatoms. The van der Waals surface area contributed by atoms with Gasteiger partial charge in [0.05, 0.1) is 12.0 Å². The van der Waals surface area contributed by atoms with E-state index in [4.69, 9.17) is 0 Å². The smallest absolute Gasteiger partial charge is 0.120 e. The molecule has 96 valence electrons. The largest absolute Gasteiger partial charge is 0.508 e. The zero-order chi connectivity index (χ0) is 12.5. The number of aliphatic hydroxyl groups excluding tert-OH is 1. The molecule has 1 aromatic carbocycles. The third-order valence-corrected chi connectivity index (χ3v) is 3.74. The quantitative estimate of drug-likeness (QED) is 0.493. The molecule has 0 aliphatic rings. The van der Waals surface area contributed by atoms with E-state index in [2.05, 4.69) is 12.2 Å². The predicted molar refractivity (Wildman–Crippen MR) is 73.2 cm³/mol. The number of hydrogen-bond acceptors (Lipinski definition) is 4. The number of benzene rings is 1. The average molecular weight is 255 g/mol. The van der Waals surface area contributed by atoms with Crippen LogP contribution < -0.4 is 5.32 Å². The minimum atomic E-state index is 0.0427. The minimum absolute atomic E-state index is 0.0427. The fourth-order valence-electron chi connectivity index (χ4n) is 1.43. The van der Waals surface area contributed by atoms with Gasteiger partial charge < -0.3 is 10.2 Å². The number of rotatable bonds is 8. The maximum absolute atomic E-state index is 9.60. The van der Waals surface area contributed by atoms with E-state index >= 15 is 0 Å². The van der Waals surface area contributed by atoms with Gasteiger partial charge in [0.25, 0.3) is 0 Å². The molecule has 0 bridgehead atoms. The number of unbranched alkanes of at least 4 members (excludes halogenated alkanes) is 1. The number of aliphatic hydroxyl groups is 1. The van der Waals surface area contributed by atoms with Crippen molar-refractivity contribution in [2.45, 2.75) is 31.7 Å². The first kappa shape index (κ1) is 14.4. The van der Waals surface area contributed by atoms with Crippen LogP contribution in [0.15, 0.2) is 24.3 Å². The molecule has 0 amide bonds. The van der Waals surface area contributed by atoms with Crippen LogP contribution in [-0.4, -0.2) is 27.9 Å². The summed E-state index contributed by atoms with van der Waals surface area (Å²) in [5, 5.41) is 22.1. The van der Waals surface area contributed by atoms with E-state index in [1.165, 1.54) is 12.8 Å². The van der Waals surface area contributed by atoms with Crippen LogP contribution in [-0.2, 0) is 6.54 Å². The van der Waals surface area contributed by atoms with Crippen molar-refractivity contribution < 1.29 is 10.2 Å². The highest BCUT2D eigenvalue weighted by Crippen LogP contribution is 2.17. The molecule has 1 atom stereocenters. The SMILES string of the molecule is CCCCS[C@@H](CO)NCc1ccccc1O. The standard InChI is InChI=1S/C13H21NO2S/c1-2-3-8-17-13(10-15)14-9-11-6-4-5-7-12(11)16/h4-7,13-16H,2-3,8-10H2,1H3/t13-/m0/s1. The predicted octanol–water partition coefficient (Wildman–Crippen LogP) is 2.33. The number of phenolic OH excluding ortho intramolecular Hbond substituents is 1. The van der Waals surface area contributed by atoms with Gasteiger partial charge >= 0.3 is 0 Å². The van der Waals surface area contributed by atoms with Gasteiger partial charge in [0.1, 0.15) is 5.75 Å². The van der Waals surface area contributed by atoms with E-state index in [-0.39, 0.29) is 12.0 Å². The number of hydrogen-bond donors (Lipinski definition) is 3. The number of phenols is 1. The highest BCUT2D eigenvalue weighted by Gasteiger charge is 2.07. The van der Waals surface area contributed by atoms with Crippen LogP contribution in [0, 0.1) is 0 Å². The molecule has 0 aliphatic carbocycles. The number of thioether (sulfide) groups is 1. The molecule has 0 spiro atoms. The van der Waals surface area contributed by atoms with E-state index in [1.54, 1.807) is 23.9 Å². The van der Waals surface area contributed by atoms with Gasteiger partial charge in [0, 0.05) is 12.1 Å². The van der Waals surface area contributed by atoms with Crippen molar-refractivity contribution in [1.29, 1.82) is 0 Å². The molecule has 0 aromatic heterocycles. The Balaban J connectivity index is 2.34. The second kappa shape index (κ2) is 8.39. The first-order valence-corrected chi connectivity index (χ1v) is 7.05. The van der Waals surface area contributed by atoms with Crippen molar-refractivity contribution >= 4 is 11.8 Å². The van der Waals surface area contributed by atoms with Crippen LogP contribution in [0.3, 0.4) is 0 Å². The Morgan fingerprint density at radius 2 is 2.12 bits per heavy atom. The lowest BCUT2D eigenvalue weighted by Crippen LogP contribution is -2.29. The molecule has 0 heterocycles. The topological polar surface area (TPSA) is 52.5 Å². The first-order chi connectivity index (χ1) is 8.27. The Kier molecular flexibility index (Phi) is 7.08. The van der Waals surface area contributed by atoms with Gasteiger partial charge in [-0.25, -0.2) is 0 Å². The summed E-state index contributed by atoms with van der Waals surface area (Å²) in [5.74, 6) is 1.35. The lowest BCUT2D eigenvalue weighted by Gasteiger charge is -2.16. The molecule has 0 fully saturated rings. The van der Waals surface area contributed by atoms with E-state index in [0.29, 0.717) is 12.3 Å². The van der Waals surface area contributed by atoms with Crippen molar-refractivity contribution in [3.63, 3.8) is 0 Å². The van der Waals surface area contributed by atoms with Gasteiger partial charge in [-0.1, -0.05) is 31.5 Å². The third kappa shape index (κ3) is 5.44. The van der Waals surface area contributed by atoms with Crippen LogP contribution in [0.2, 0.25) is 0 Å². The fraction of sp³-hybridized carbons (Fsp3) is 0.538. The molecule has 0 aliphatic heterocycles. The Morgan fingerprint density at radius 3 is 2.76 bits per heavy atom. The van der Waals surface area contributed by atoms with Crippen molar-refractivity contribution in [1.82, 2.24) is 5.32 Å². The van der Waals surface area contributed by atoms with E-state index < -0.39 is 0 Å². The summed E-state index contributed by atoms with van der Waals surface area (Å²) in [5.41, 5.74) is 0.863. The van der Waals surface area contributed by atoms with E-state index in [9.17, 15) is 10.2 Å². The van der Waals surface area contributed by atoms with Crippen LogP contribution in [0.25, 0.3) is 0 Å². The summed E-state index contributed by atoms with van der Waals surface area (Å²) >= 11 is 1.73. The lowest BCUT2D eigenvalue weighted by atomic mass is 10.2. The molecule has 3 N–H and O–H groups in total. The van der Waals surface area contributed by atoms with Crippen LogP contribution in [0.4, 0.5) is 0 Å². The number of nitrogens with one attached hydrogen (secondary N) is 1. The number of aromatic hydroxyl groups is 1. The van der Waals surface area contributed by atoms with Crippen molar-refractivity contribution in [2.75, 3.05) is 12.4 Å². The van der Waals surface area contributed by atoms with Crippen molar-refractivity contribution in [2.24, 2.45) is 0 Å². The Morgan fingerprint density at radius 1 is 1.35 bits per heavy atom. The average Bonchev–Trinajstić information content (AvgIpc) is 2.35. The maximum Gasteiger partial charge on any atom is 0.120 e. The summed E-state index contributed by atoms with van der Waals surface area (Å²) in [6.07, 6.45) is 2.34. The monoisotopic (exact) mass is 255 g/mol. The third-order valence-electron chi connectivity index (χ3n) is 2.49. The minimum Gasteiger partial charge on any atom is -0.508 e. The second-order valence-corrected chi connectivity index (χ2v) is 5.22. The normalized spacial score (nSPS) is 12.6. The lowest BCUT2D eigenvalue weighted by molar-refractivity contribution is 0.279. The fourth-order valence-corrected chi connectivity index (χ4v) is 2.48. The highest BCUT2D eigenvalue weighted by molar-refractivity contribution is 7.99. The second-order valence-electron chi connectivity index (χ2n) is 3.91. The molecule has 0 saturated heterocycles. The molecule has 1 rings (SSSR count). The summed E-state index contributed by atoms with van der Waals surface area (Å²) in [6.45, 7) is 2.85. The summed E-state index contributed by atoms with van der Waals surface area (Å²) < 4.78 is 0. The van der Waals surface area contributed by atoms with Crippen LogP contribution in [0.5, 0.6) is 5.75 Å². The molecular formula is C13H21NO2S. The van der Waals surface area contributed by atoms with Crippen LogP contribution in [0.1, 0.15) is 25.3 Å². The number of para-hydroxylation sites is 1. The molecule has 1 aromatic rings. The van der Waals surface area contributed by atoms with E-state index in [1.807, 2.05) is 12.1 Å². The van der Waals surface area contributed by atoms with Gasteiger partial charge in [-0.15, -0.1) is 11.8 Å². The maximum atomic E-state index is 9.60. The van der Waals surface area contributed by atoms with E-state index in [0.717, 1.165) is 11.3 Å². The van der Waals surface area contributed by atoms with Gasteiger partial charge in [0.15, 0.2) is 0 Å². The summed E-state index contributed by atoms with van der Waals surface area (Å²) in [7, 11) is 0. The van der Waals surface area contributed by atoms with Gasteiger partial charge in [0.2, 0.25) is 0 Å². The molecule has 0 saturated carbocycles. The van der Waals surface area contributed by atoms with Crippen LogP contribution >= 0.6 is 11.8 Å². The zero-order valence-corrected chi connectivity index (χ0v) is 11.0. The molecule has 17 heavy (non-hydrogen) atoms. The molecular weight excluding hydrogens is 234 g/mol. The Labute approximate surface area is 107 Å². The highest BCUT2D eigenvalue weighted by atomic mass is 32.2. The Hall–Kier alpha value is -0.710. The molecule has 0 radical (unpaired) electrons. The Bertz CT molecular complexity index is 320. The van der Waals surface area contributed by atoms with Gasteiger partial charge in [-0.3, -0.25) is 5.32 Å². The zero-order valence-electron chi connectivity index (χ0n) is 10.2. The molecule has 3 nitrogen and oxygen atoms in total. The van der Waals surface area contributed by atoms with Gasteiger partial charge in [-0.05, 0) is 18.2 Å². The summed E-state index contributed by atoms with van der Waals surface area (Å²) in [6, 6.07) is 7.26. The van der Waals surface area contributed by atoms with Crippen molar-refractivity contribution in [3.8, 4) is 5.75 Å².